The summed E-state index contributed by atoms with van der Waals surface area (Å²) in [6, 6.07) is 4.88. The van der Waals surface area contributed by atoms with Crippen LogP contribution in [0.5, 0.6) is 5.88 Å². The maximum absolute atomic E-state index is 10.8. The molecule has 16 heavy (non-hydrogen) atoms. The zero-order valence-electron chi connectivity index (χ0n) is 8.88. The maximum Gasteiger partial charge on any atom is 0.222 e. The molecule has 3 N–H and O–H groups in total. The summed E-state index contributed by atoms with van der Waals surface area (Å²) in [6.45, 7) is 0.961. The van der Waals surface area contributed by atoms with Crippen LogP contribution < -0.4 is 10.1 Å². The molecule has 0 saturated heterocycles. The number of aliphatic hydroxyl groups is 2. The van der Waals surface area contributed by atoms with E-state index < -0.39 is 6.10 Å². The van der Waals surface area contributed by atoms with Crippen LogP contribution in [-0.4, -0.2) is 40.4 Å². The molecular formula is C10H14N2O4. The van der Waals surface area contributed by atoms with Gasteiger partial charge in [-0.05, 0) is 6.07 Å². The van der Waals surface area contributed by atoms with Gasteiger partial charge in [0.05, 0.1) is 6.61 Å². The van der Waals surface area contributed by atoms with Crippen molar-refractivity contribution in [3.63, 3.8) is 0 Å². The molecule has 1 rings (SSSR count). The van der Waals surface area contributed by atoms with Crippen LogP contribution in [-0.2, 0) is 4.79 Å². The first-order chi connectivity index (χ1) is 7.61. The number of carbonyl (C=O) groups excluding carboxylic acids is 1. The molecule has 0 unspecified atom stereocenters. The van der Waals surface area contributed by atoms with Gasteiger partial charge in [0, 0.05) is 13.0 Å². The molecule has 1 atom stereocenters. The zero-order chi connectivity index (χ0) is 12.0. The predicted octanol–water partition coefficient (Wildman–Crippen LogP) is -0.228. The summed E-state index contributed by atoms with van der Waals surface area (Å²) in [6.07, 6.45) is -0.939. The van der Waals surface area contributed by atoms with E-state index in [1.165, 1.54) is 6.92 Å². The van der Waals surface area contributed by atoms with Crippen molar-refractivity contribution >= 4 is 11.7 Å². The Kier molecular flexibility index (Phi) is 4.68. The molecule has 0 aliphatic carbocycles. The number of hydrogen-bond donors (Lipinski definition) is 3. The lowest BCUT2D eigenvalue weighted by molar-refractivity contribution is -0.114. The first-order valence-corrected chi connectivity index (χ1v) is 4.78. The van der Waals surface area contributed by atoms with E-state index >= 15 is 0 Å². The van der Waals surface area contributed by atoms with Crippen molar-refractivity contribution in [1.29, 1.82) is 0 Å². The Morgan fingerprint density at radius 3 is 3.00 bits per heavy atom. The van der Waals surface area contributed by atoms with Gasteiger partial charge in [0.15, 0.2) is 0 Å². The van der Waals surface area contributed by atoms with Crippen LogP contribution in [0.25, 0.3) is 0 Å². The van der Waals surface area contributed by atoms with E-state index in [1.807, 2.05) is 0 Å². The van der Waals surface area contributed by atoms with E-state index in [0.29, 0.717) is 5.82 Å². The Labute approximate surface area is 92.9 Å². The first-order valence-electron chi connectivity index (χ1n) is 4.78. The standard InChI is InChI=1S/C10H14N2O4/c1-7(14)11-9-3-2-4-10(12-9)16-6-8(15)5-13/h2-4,8,13,15H,5-6H2,1H3,(H,11,12,14)/t8-/m1/s1. The van der Waals surface area contributed by atoms with Crippen LogP contribution >= 0.6 is 0 Å². The highest BCUT2D eigenvalue weighted by Crippen LogP contribution is 2.11. The molecule has 6 heteroatoms. The third-order valence-electron chi connectivity index (χ3n) is 1.66. The predicted molar refractivity (Wildman–Crippen MR) is 57.1 cm³/mol. The van der Waals surface area contributed by atoms with Crippen LogP contribution in [0.4, 0.5) is 5.82 Å². The molecular weight excluding hydrogens is 212 g/mol. The van der Waals surface area contributed by atoms with Crippen molar-refractivity contribution in [3.8, 4) is 5.88 Å². The van der Waals surface area contributed by atoms with Gasteiger partial charge in [0.25, 0.3) is 0 Å². The van der Waals surface area contributed by atoms with Gasteiger partial charge in [0.2, 0.25) is 11.8 Å². The fourth-order valence-electron chi connectivity index (χ4n) is 0.979. The van der Waals surface area contributed by atoms with Crippen LogP contribution in [0.1, 0.15) is 6.92 Å². The molecule has 0 aliphatic rings. The Morgan fingerprint density at radius 2 is 2.38 bits per heavy atom. The number of nitrogens with one attached hydrogen (secondary N) is 1. The van der Waals surface area contributed by atoms with Crippen LogP contribution in [0.3, 0.4) is 0 Å². The highest BCUT2D eigenvalue weighted by atomic mass is 16.5. The highest BCUT2D eigenvalue weighted by molar-refractivity contribution is 5.87. The van der Waals surface area contributed by atoms with Crippen molar-refractivity contribution in [2.24, 2.45) is 0 Å². The van der Waals surface area contributed by atoms with Crippen LogP contribution in [0.15, 0.2) is 18.2 Å². The molecule has 0 fully saturated rings. The molecule has 6 nitrogen and oxygen atoms in total. The van der Waals surface area contributed by atoms with Gasteiger partial charge in [-0.15, -0.1) is 0 Å². The largest absolute Gasteiger partial charge is 0.475 e. The summed E-state index contributed by atoms with van der Waals surface area (Å²) in [4.78, 5) is 14.7. The van der Waals surface area contributed by atoms with E-state index in [9.17, 15) is 4.79 Å². The monoisotopic (exact) mass is 226 g/mol. The SMILES string of the molecule is CC(=O)Nc1cccc(OC[C@H](O)CO)n1. The van der Waals surface area contributed by atoms with E-state index in [4.69, 9.17) is 14.9 Å². The molecule has 0 bridgehead atoms. The number of nitrogens with zero attached hydrogens (tertiary/aromatic N) is 1. The fraction of sp³-hybridized carbons (Fsp3) is 0.400. The number of aliphatic hydroxyl groups excluding tert-OH is 2. The van der Waals surface area contributed by atoms with E-state index in [2.05, 4.69) is 10.3 Å². The van der Waals surface area contributed by atoms with E-state index in [1.54, 1.807) is 18.2 Å². The minimum Gasteiger partial charge on any atom is -0.475 e. The summed E-state index contributed by atoms with van der Waals surface area (Å²) in [5.74, 6) is 0.433. The number of rotatable bonds is 5. The Morgan fingerprint density at radius 1 is 1.62 bits per heavy atom. The second kappa shape index (κ2) is 6.04. The Balaban J connectivity index is 2.56. The number of carbonyl (C=O) groups is 1. The summed E-state index contributed by atoms with van der Waals surface area (Å²) < 4.78 is 5.11. The molecule has 0 aromatic carbocycles. The summed E-state index contributed by atoms with van der Waals surface area (Å²) in [5.41, 5.74) is 0. The number of ether oxygens (including phenoxy) is 1. The smallest absolute Gasteiger partial charge is 0.222 e. The third kappa shape index (κ3) is 4.24. The van der Waals surface area contributed by atoms with Crippen molar-refractivity contribution in [3.05, 3.63) is 18.2 Å². The normalized spacial score (nSPS) is 11.9. The quantitative estimate of drug-likeness (QED) is 0.645. The minimum absolute atomic E-state index is 0.0486. The summed E-state index contributed by atoms with van der Waals surface area (Å²) in [5, 5.41) is 20.1. The molecule has 0 saturated carbocycles. The summed E-state index contributed by atoms with van der Waals surface area (Å²) >= 11 is 0. The minimum atomic E-state index is -0.939. The van der Waals surface area contributed by atoms with Crippen molar-refractivity contribution in [1.82, 2.24) is 4.98 Å². The van der Waals surface area contributed by atoms with Crippen LogP contribution in [0, 0.1) is 0 Å². The molecule has 1 amide bonds. The van der Waals surface area contributed by atoms with Gasteiger partial charge in [-0.25, -0.2) is 0 Å². The van der Waals surface area contributed by atoms with Gasteiger partial charge >= 0.3 is 0 Å². The topological polar surface area (TPSA) is 91.7 Å². The molecule has 1 aromatic rings. The van der Waals surface area contributed by atoms with Crippen molar-refractivity contribution in [2.75, 3.05) is 18.5 Å². The molecule has 1 aromatic heterocycles. The second-order valence-electron chi connectivity index (χ2n) is 3.19. The van der Waals surface area contributed by atoms with Gasteiger partial charge in [-0.2, -0.15) is 4.98 Å². The zero-order valence-corrected chi connectivity index (χ0v) is 8.88. The Hall–Kier alpha value is -1.66. The number of pyridine rings is 1. The molecule has 0 spiro atoms. The fourth-order valence-corrected chi connectivity index (χ4v) is 0.979. The average Bonchev–Trinajstić information content (AvgIpc) is 2.25. The van der Waals surface area contributed by atoms with Gasteiger partial charge in [0.1, 0.15) is 18.5 Å². The number of hydrogen-bond acceptors (Lipinski definition) is 5. The Bertz CT molecular complexity index is 356. The third-order valence-corrected chi connectivity index (χ3v) is 1.66. The van der Waals surface area contributed by atoms with E-state index in [0.717, 1.165) is 0 Å². The molecule has 0 aliphatic heterocycles. The van der Waals surface area contributed by atoms with Gasteiger partial charge in [-0.3, -0.25) is 4.79 Å². The first kappa shape index (κ1) is 12.4. The lowest BCUT2D eigenvalue weighted by Gasteiger charge is -2.09. The number of anilines is 1. The lowest BCUT2D eigenvalue weighted by Crippen LogP contribution is -2.21. The van der Waals surface area contributed by atoms with Gasteiger partial charge < -0.3 is 20.3 Å². The second-order valence-corrected chi connectivity index (χ2v) is 3.19. The lowest BCUT2D eigenvalue weighted by atomic mass is 10.4. The number of amides is 1. The highest BCUT2D eigenvalue weighted by Gasteiger charge is 2.04. The number of aromatic nitrogens is 1. The molecule has 0 radical (unpaired) electrons. The molecule has 1 heterocycles. The molecule has 88 valence electrons. The average molecular weight is 226 g/mol. The van der Waals surface area contributed by atoms with Crippen LogP contribution in [0.2, 0.25) is 0 Å². The maximum atomic E-state index is 10.8. The summed E-state index contributed by atoms with van der Waals surface area (Å²) in [7, 11) is 0. The van der Waals surface area contributed by atoms with E-state index in [-0.39, 0.29) is 25.0 Å². The van der Waals surface area contributed by atoms with Crippen molar-refractivity contribution < 1.29 is 19.7 Å². The van der Waals surface area contributed by atoms with Gasteiger partial charge in [-0.1, -0.05) is 6.07 Å². The van der Waals surface area contributed by atoms with Crippen molar-refractivity contribution in [2.45, 2.75) is 13.0 Å².